The van der Waals surface area contributed by atoms with E-state index in [-0.39, 0.29) is 18.6 Å². The minimum Gasteiger partial charge on any atom is -0.396 e. The number of hydrogen-bond donors (Lipinski definition) is 3. The smallest absolute Gasteiger partial charge is 0.199 e. The number of guanidine groups is 1. The van der Waals surface area contributed by atoms with Crippen LogP contribution in [0.25, 0.3) is 5.70 Å². The SMILES string of the molecule is C=C1NC(N)=Nc2c1ncn2C1C=CC(CO)C1. The first-order valence-electron chi connectivity index (χ1n) is 5.85. The van der Waals surface area contributed by atoms with Gasteiger partial charge < -0.3 is 20.7 Å². The Hall–Kier alpha value is -2.08. The molecule has 1 aromatic rings. The van der Waals surface area contributed by atoms with Crippen LogP contribution in [0.3, 0.4) is 0 Å². The van der Waals surface area contributed by atoms with Gasteiger partial charge in [0.1, 0.15) is 5.69 Å². The second-order valence-corrected chi connectivity index (χ2v) is 4.56. The highest BCUT2D eigenvalue weighted by molar-refractivity contribution is 5.93. The maximum absolute atomic E-state index is 9.16. The predicted octanol–water partition coefficient (Wildman–Crippen LogP) is 0.513. The Morgan fingerprint density at radius 2 is 2.39 bits per heavy atom. The average molecular weight is 245 g/mol. The average Bonchev–Trinajstić information content (AvgIpc) is 2.93. The summed E-state index contributed by atoms with van der Waals surface area (Å²) in [5.41, 5.74) is 7.09. The van der Waals surface area contributed by atoms with Crippen molar-refractivity contribution in [2.45, 2.75) is 12.5 Å². The monoisotopic (exact) mass is 245 g/mol. The van der Waals surface area contributed by atoms with Crippen LogP contribution >= 0.6 is 0 Å². The number of hydrogen-bond acceptors (Lipinski definition) is 5. The van der Waals surface area contributed by atoms with E-state index < -0.39 is 0 Å². The second kappa shape index (κ2) is 3.99. The number of aliphatic hydroxyl groups excluding tert-OH is 1. The van der Waals surface area contributed by atoms with Crippen LogP contribution in [0, 0.1) is 5.92 Å². The van der Waals surface area contributed by atoms with Gasteiger partial charge >= 0.3 is 0 Å². The number of fused-ring (bicyclic) bond motifs is 1. The number of nitrogens with one attached hydrogen (secondary N) is 1. The van der Waals surface area contributed by atoms with Gasteiger partial charge in [-0.25, -0.2) is 4.98 Å². The molecule has 94 valence electrons. The van der Waals surface area contributed by atoms with E-state index in [1.54, 1.807) is 6.33 Å². The van der Waals surface area contributed by atoms with Crippen LogP contribution in [0.15, 0.2) is 30.1 Å². The molecule has 0 radical (unpaired) electrons. The summed E-state index contributed by atoms with van der Waals surface area (Å²) in [6.07, 6.45) is 6.70. The molecule has 0 fully saturated rings. The lowest BCUT2D eigenvalue weighted by Gasteiger charge is -2.18. The van der Waals surface area contributed by atoms with Gasteiger partial charge in [0.15, 0.2) is 11.8 Å². The fourth-order valence-corrected chi connectivity index (χ4v) is 2.37. The molecule has 0 bridgehead atoms. The molecule has 0 spiro atoms. The molecular weight excluding hydrogens is 230 g/mol. The Morgan fingerprint density at radius 1 is 1.56 bits per heavy atom. The van der Waals surface area contributed by atoms with Gasteiger partial charge in [-0.15, -0.1) is 0 Å². The molecule has 3 rings (SSSR count). The zero-order valence-electron chi connectivity index (χ0n) is 9.87. The molecule has 2 unspecified atom stereocenters. The Morgan fingerprint density at radius 3 is 3.11 bits per heavy atom. The van der Waals surface area contributed by atoms with E-state index in [1.165, 1.54) is 0 Å². The lowest BCUT2D eigenvalue weighted by atomic mass is 10.1. The molecule has 0 amide bonds. The van der Waals surface area contributed by atoms with Gasteiger partial charge in [0, 0.05) is 12.5 Å². The Bertz CT molecular complexity index is 557. The second-order valence-electron chi connectivity index (χ2n) is 4.56. The normalized spacial score (nSPS) is 25.8. The van der Waals surface area contributed by atoms with Crippen LogP contribution in [0.2, 0.25) is 0 Å². The highest BCUT2D eigenvalue weighted by Gasteiger charge is 2.25. The van der Waals surface area contributed by atoms with E-state index in [1.807, 2.05) is 10.6 Å². The molecular formula is C12H15N5O. The number of aliphatic imine (C=N–C) groups is 1. The van der Waals surface area contributed by atoms with Gasteiger partial charge in [0.05, 0.1) is 18.1 Å². The van der Waals surface area contributed by atoms with Gasteiger partial charge in [-0.2, -0.15) is 4.99 Å². The minimum absolute atomic E-state index is 0.167. The zero-order chi connectivity index (χ0) is 12.7. The number of allylic oxidation sites excluding steroid dienone is 1. The van der Waals surface area contributed by atoms with Gasteiger partial charge in [0.2, 0.25) is 0 Å². The number of nitrogens with two attached hydrogens (primary N) is 1. The van der Waals surface area contributed by atoms with Crippen molar-refractivity contribution in [3.05, 3.63) is 30.8 Å². The number of nitrogens with zero attached hydrogens (tertiary/aromatic N) is 3. The van der Waals surface area contributed by atoms with Crippen molar-refractivity contribution in [3.8, 4) is 0 Å². The zero-order valence-corrected chi connectivity index (χ0v) is 9.87. The molecule has 18 heavy (non-hydrogen) atoms. The topological polar surface area (TPSA) is 88.5 Å². The van der Waals surface area contributed by atoms with Crippen molar-refractivity contribution in [2.75, 3.05) is 6.61 Å². The third-order valence-electron chi connectivity index (χ3n) is 3.30. The molecule has 6 heteroatoms. The lowest BCUT2D eigenvalue weighted by molar-refractivity contribution is 0.244. The van der Waals surface area contributed by atoms with Crippen molar-refractivity contribution < 1.29 is 5.11 Å². The van der Waals surface area contributed by atoms with Crippen LogP contribution in [0.1, 0.15) is 18.2 Å². The van der Waals surface area contributed by atoms with Gasteiger partial charge in [-0.1, -0.05) is 18.7 Å². The maximum atomic E-state index is 9.16. The van der Waals surface area contributed by atoms with E-state index in [4.69, 9.17) is 10.8 Å². The summed E-state index contributed by atoms with van der Waals surface area (Å²) >= 11 is 0. The first-order valence-corrected chi connectivity index (χ1v) is 5.85. The lowest BCUT2D eigenvalue weighted by Crippen LogP contribution is -2.32. The number of aliphatic hydroxyl groups is 1. The summed E-state index contributed by atoms with van der Waals surface area (Å²) in [7, 11) is 0. The highest BCUT2D eigenvalue weighted by atomic mass is 16.3. The molecule has 1 aromatic heterocycles. The molecule has 1 aliphatic carbocycles. The third kappa shape index (κ3) is 1.62. The van der Waals surface area contributed by atoms with Crippen LogP contribution in [-0.2, 0) is 0 Å². The first kappa shape index (κ1) is 11.0. The number of imidazole rings is 1. The summed E-state index contributed by atoms with van der Waals surface area (Å²) in [5, 5.41) is 12.0. The Kier molecular flexibility index (Phi) is 2.45. The highest BCUT2D eigenvalue weighted by Crippen LogP contribution is 2.34. The third-order valence-corrected chi connectivity index (χ3v) is 3.30. The van der Waals surface area contributed by atoms with Crippen molar-refractivity contribution in [1.29, 1.82) is 0 Å². The summed E-state index contributed by atoms with van der Waals surface area (Å²) < 4.78 is 1.97. The molecule has 6 nitrogen and oxygen atoms in total. The fraction of sp³-hybridized carbons (Fsp3) is 0.333. The molecule has 1 aliphatic heterocycles. The summed E-state index contributed by atoms with van der Waals surface area (Å²) in [6.45, 7) is 4.04. The molecule has 2 aliphatic rings. The van der Waals surface area contributed by atoms with Crippen molar-refractivity contribution in [2.24, 2.45) is 16.6 Å². The standard InChI is InChI=1S/C12H15N5O/c1-7-10-11(16-12(13)15-7)17(6-14-10)9-3-2-8(4-9)5-18/h2-3,6,8-9,18H,1,4-5H2,(H3,13,15,16). The Labute approximate surface area is 105 Å². The van der Waals surface area contributed by atoms with Crippen LogP contribution < -0.4 is 11.1 Å². The molecule has 2 heterocycles. The van der Waals surface area contributed by atoms with E-state index in [0.29, 0.717) is 11.7 Å². The molecule has 4 N–H and O–H groups in total. The molecule has 0 saturated carbocycles. The first-order chi connectivity index (χ1) is 8.69. The minimum atomic E-state index is 0.167. The summed E-state index contributed by atoms with van der Waals surface area (Å²) in [4.78, 5) is 8.59. The van der Waals surface area contributed by atoms with Gasteiger partial charge in [-0.05, 0) is 6.42 Å². The quantitative estimate of drug-likeness (QED) is 0.662. The van der Waals surface area contributed by atoms with E-state index >= 15 is 0 Å². The Balaban J connectivity index is 1.97. The predicted molar refractivity (Wildman–Crippen MR) is 69.0 cm³/mol. The van der Waals surface area contributed by atoms with E-state index in [2.05, 4.69) is 27.9 Å². The van der Waals surface area contributed by atoms with Crippen molar-refractivity contribution in [1.82, 2.24) is 14.9 Å². The molecule has 0 saturated heterocycles. The molecule has 0 aromatic carbocycles. The van der Waals surface area contributed by atoms with Gasteiger partial charge in [-0.3, -0.25) is 0 Å². The number of rotatable bonds is 2. The van der Waals surface area contributed by atoms with Crippen LogP contribution in [0.5, 0.6) is 0 Å². The number of aromatic nitrogens is 2. The summed E-state index contributed by atoms with van der Waals surface area (Å²) in [6, 6.07) is 0.167. The van der Waals surface area contributed by atoms with Crippen molar-refractivity contribution in [3.63, 3.8) is 0 Å². The van der Waals surface area contributed by atoms with Crippen LogP contribution in [0.4, 0.5) is 5.82 Å². The van der Waals surface area contributed by atoms with Gasteiger partial charge in [0.25, 0.3) is 0 Å². The fourth-order valence-electron chi connectivity index (χ4n) is 2.37. The van der Waals surface area contributed by atoms with E-state index in [9.17, 15) is 0 Å². The van der Waals surface area contributed by atoms with Crippen molar-refractivity contribution >= 4 is 17.5 Å². The largest absolute Gasteiger partial charge is 0.396 e. The maximum Gasteiger partial charge on any atom is 0.199 e. The van der Waals surface area contributed by atoms with E-state index in [0.717, 1.165) is 17.9 Å². The molecule has 2 atom stereocenters. The summed E-state index contributed by atoms with van der Waals surface area (Å²) in [5.74, 6) is 1.26. The van der Waals surface area contributed by atoms with Crippen LogP contribution in [-0.4, -0.2) is 27.2 Å².